The maximum atomic E-state index is 12.2. The van der Waals surface area contributed by atoms with E-state index in [9.17, 15) is 14.7 Å². The summed E-state index contributed by atoms with van der Waals surface area (Å²) in [6.45, 7) is 2.48. The number of hydrogen-bond acceptors (Lipinski definition) is 4. The summed E-state index contributed by atoms with van der Waals surface area (Å²) >= 11 is 0. The van der Waals surface area contributed by atoms with Crippen LogP contribution in [0, 0.1) is 5.92 Å². The van der Waals surface area contributed by atoms with E-state index in [4.69, 9.17) is 0 Å². The third-order valence-electron chi connectivity index (χ3n) is 3.76. The Morgan fingerprint density at radius 3 is 2.85 bits per heavy atom. The number of likely N-dealkylation sites (tertiary alicyclic amines) is 1. The maximum absolute atomic E-state index is 12.2. The van der Waals surface area contributed by atoms with Crippen molar-refractivity contribution >= 4 is 17.9 Å². The molecule has 2 heterocycles. The summed E-state index contributed by atoms with van der Waals surface area (Å²) in [5.41, 5.74) is 0. The Balaban J connectivity index is 2.07. The zero-order valence-corrected chi connectivity index (χ0v) is 11.6. The Labute approximate surface area is 116 Å². The van der Waals surface area contributed by atoms with Gasteiger partial charge in [0.15, 0.2) is 0 Å². The number of nitrogens with one attached hydrogen (secondary N) is 1. The second-order valence-corrected chi connectivity index (χ2v) is 4.98. The highest BCUT2D eigenvalue weighted by Crippen LogP contribution is 2.26. The molecule has 2 N–H and O–H groups in total. The van der Waals surface area contributed by atoms with E-state index in [1.807, 2.05) is 6.92 Å². The molecule has 1 fully saturated rings. The highest BCUT2D eigenvalue weighted by molar-refractivity contribution is 5.91. The first-order valence-corrected chi connectivity index (χ1v) is 6.67. The summed E-state index contributed by atoms with van der Waals surface area (Å²) in [4.78, 5) is 28.8. The number of aryl methyl sites for hydroxylation is 1. The summed E-state index contributed by atoms with van der Waals surface area (Å²) < 4.78 is 1.42. The van der Waals surface area contributed by atoms with Gasteiger partial charge in [-0.05, 0) is 18.8 Å². The second kappa shape index (κ2) is 5.89. The second-order valence-electron chi connectivity index (χ2n) is 4.98. The van der Waals surface area contributed by atoms with Gasteiger partial charge in [-0.25, -0.2) is 14.3 Å². The molecule has 8 heteroatoms. The summed E-state index contributed by atoms with van der Waals surface area (Å²) in [7, 11) is 1.65. The number of nitrogens with zero attached hydrogens (tertiary/aromatic N) is 4. The average molecular weight is 281 g/mol. The molecule has 0 spiro atoms. The van der Waals surface area contributed by atoms with Crippen molar-refractivity contribution in [1.29, 1.82) is 0 Å². The molecular formula is C12H19N5O3. The molecule has 0 aliphatic carbocycles. The van der Waals surface area contributed by atoms with E-state index in [0.717, 1.165) is 12.8 Å². The van der Waals surface area contributed by atoms with Crippen LogP contribution in [0.5, 0.6) is 0 Å². The van der Waals surface area contributed by atoms with E-state index in [-0.39, 0.29) is 0 Å². The summed E-state index contributed by atoms with van der Waals surface area (Å²) in [5, 5.41) is 15.7. The molecule has 1 saturated heterocycles. The van der Waals surface area contributed by atoms with Crippen molar-refractivity contribution < 1.29 is 14.7 Å². The minimum absolute atomic E-state index is 0.303. The van der Waals surface area contributed by atoms with Gasteiger partial charge in [0.1, 0.15) is 12.4 Å². The van der Waals surface area contributed by atoms with Crippen LogP contribution in [0.1, 0.15) is 26.2 Å². The lowest BCUT2D eigenvalue weighted by Gasteiger charge is -2.36. The van der Waals surface area contributed by atoms with Gasteiger partial charge >= 0.3 is 12.0 Å². The van der Waals surface area contributed by atoms with Crippen molar-refractivity contribution in [2.45, 2.75) is 32.2 Å². The van der Waals surface area contributed by atoms with E-state index in [1.54, 1.807) is 7.05 Å². The Hall–Kier alpha value is -2.12. The minimum Gasteiger partial charge on any atom is -0.480 e. The van der Waals surface area contributed by atoms with Gasteiger partial charge in [0.2, 0.25) is 5.95 Å². The van der Waals surface area contributed by atoms with Crippen molar-refractivity contribution in [1.82, 2.24) is 19.7 Å². The fourth-order valence-electron chi connectivity index (χ4n) is 2.46. The first kappa shape index (κ1) is 14.3. The number of aromatic nitrogens is 3. The molecule has 0 saturated carbocycles. The molecule has 1 aromatic rings. The van der Waals surface area contributed by atoms with Crippen LogP contribution in [-0.4, -0.2) is 49.4 Å². The lowest BCUT2D eigenvalue weighted by atomic mass is 9.89. The first-order valence-electron chi connectivity index (χ1n) is 6.67. The minimum atomic E-state index is -0.962. The van der Waals surface area contributed by atoms with E-state index < -0.39 is 18.0 Å². The van der Waals surface area contributed by atoms with Gasteiger partial charge in [-0.15, -0.1) is 0 Å². The Kier molecular flexibility index (Phi) is 4.21. The van der Waals surface area contributed by atoms with E-state index in [2.05, 4.69) is 15.4 Å². The largest absolute Gasteiger partial charge is 0.480 e. The number of carbonyl (C=O) groups is 2. The molecule has 2 rings (SSSR count). The van der Waals surface area contributed by atoms with Crippen LogP contribution in [0.15, 0.2) is 6.33 Å². The highest BCUT2D eigenvalue weighted by atomic mass is 16.4. The summed E-state index contributed by atoms with van der Waals surface area (Å²) in [6, 6.07) is -1.22. The number of amides is 2. The van der Waals surface area contributed by atoms with Crippen molar-refractivity contribution in [3.05, 3.63) is 6.33 Å². The highest BCUT2D eigenvalue weighted by Gasteiger charge is 2.35. The number of carboxylic acid groups (broad SMARTS) is 1. The van der Waals surface area contributed by atoms with Crippen LogP contribution in [-0.2, 0) is 11.8 Å². The summed E-state index contributed by atoms with van der Waals surface area (Å²) in [6.07, 6.45) is 3.58. The molecule has 110 valence electrons. The van der Waals surface area contributed by atoms with E-state index in [1.165, 1.54) is 15.9 Å². The molecule has 2 amide bonds. The third-order valence-corrected chi connectivity index (χ3v) is 3.76. The third kappa shape index (κ3) is 2.89. The van der Waals surface area contributed by atoms with Crippen molar-refractivity contribution in [3.63, 3.8) is 0 Å². The Morgan fingerprint density at radius 2 is 2.30 bits per heavy atom. The normalized spacial score (nSPS) is 22.6. The van der Waals surface area contributed by atoms with Crippen molar-refractivity contribution in [3.8, 4) is 0 Å². The predicted molar refractivity (Wildman–Crippen MR) is 71.2 cm³/mol. The number of rotatable bonds is 3. The molecule has 2 atom stereocenters. The van der Waals surface area contributed by atoms with E-state index >= 15 is 0 Å². The maximum Gasteiger partial charge on any atom is 0.326 e. The SMILES string of the molecule is CCC1CCN(C(=O)Nc2ncnn2C)C(C(=O)O)C1. The fraction of sp³-hybridized carbons (Fsp3) is 0.667. The van der Waals surface area contributed by atoms with Crippen LogP contribution in [0.2, 0.25) is 0 Å². The number of anilines is 1. The number of piperidine rings is 1. The van der Waals surface area contributed by atoms with Crippen LogP contribution in [0.4, 0.5) is 10.7 Å². The average Bonchev–Trinajstić information content (AvgIpc) is 2.83. The first-order chi connectivity index (χ1) is 9.52. The zero-order valence-electron chi connectivity index (χ0n) is 11.6. The number of hydrogen-bond donors (Lipinski definition) is 2. The van der Waals surface area contributed by atoms with Crippen LogP contribution in [0.25, 0.3) is 0 Å². The number of urea groups is 1. The van der Waals surface area contributed by atoms with Gasteiger partial charge in [0, 0.05) is 13.6 Å². The van der Waals surface area contributed by atoms with Crippen LogP contribution < -0.4 is 5.32 Å². The molecule has 8 nitrogen and oxygen atoms in total. The molecule has 1 aliphatic rings. The van der Waals surface area contributed by atoms with Gasteiger partial charge in [-0.1, -0.05) is 13.3 Å². The molecule has 1 aromatic heterocycles. The molecular weight excluding hydrogens is 262 g/mol. The van der Waals surface area contributed by atoms with Gasteiger partial charge < -0.3 is 10.0 Å². The quantitative estimate of drug-likeness (QED) is 0.858. The number of carbonyl (C=O) groups excluding carboxylic acids is 1. The lowest BCUT2D eigenvalue weighted by molar-refractivity contribution is -0.143. The lowest BCUT2D eigenvalue weighted by Crippen LogP contribution is -2.51. The number of aliphatic carboxylic acids is 1. The van der Waals surface area contributed by atoms with Gasteiger partial charge in [-0.2, -0.15) is 10.1 Å². The molecule has 0 radical (unpaired) electrons. The zero-order chi connectivity index (χ0) is 14.7. The molecule has 2 unspecified atom stereocenters. The summed E-state index contributed by atoms with van der Waals surface area (Å²) in [5.74, 6) is -0.303. The monoisotopic (exact) mass is 281 g/mol. The Morgan fingerprint density at radius 1 is 1.55 bits per heavy atom. The predicted octanol–water partition coefficient (Wildman–Crippen LogP) is 0.922. The molecule has 1 aliphatic heterocycles. The smallest absolute Gasteiger partial charge is 0.326 e. The standard InChI is InChI=1S/C12H19N5O3/c1-3-8-4-5-17(9(6-8)10(18)19)12(20)15-11-13-7-14-16(11)2/h7-9H,3-6H2,1-2H3,(H,18,19)(H,13,14,15,20). The molecule has 0 aromatic carbocycles. The fourth-order valence-corrected chi connectivity index (χ4v) is 2.46. The molecule has 0 bridgehead atoms. The topological polar surface area (TPSA) is 100 Å². The van der Waals surface area contributed by atoms with Crippen LogP contribution in [0.3, 0.4) is 0 Å². The van der Waals surface area contributed by atoms with Gasteiger partial charge in [0.05, 0.1) is 0 Å². The Bertz CT molecular complexity index is 501. The van der Waals surface area contributed by atoms with Crippen LogP contribution >= 0.6 is 0 Å². The van der Waals surface area contributed by atoms with E-state index in [0.29, 0.717) is 24.8 Å². The van der Waals surface area contributed by atoms with Gasteiger partial charge in [0.25, 0.3) is 0 Å². The van der Waals surface area contributed by atoms with Crippen molar-refractivity contribution in [2.24, 2.45) is 13.0 Å². The number of carboxylic acids is 1. The van der Waals surface area contributed by atoms with Gasteiger partial charge in [-0.3, -0.25) is 5.32 Å². The van der Waals surface area contributed by atoms with Crippen molar-refractivity contribution in [2.75, 3.05) is 11.9 Å². The molecule has 20 heavy (non-hydrogen) atoms.